The first kappa shape index (κ1) is 22.0. The van der Waals surface area contributed by atoms with Gasteiger partial charge in [-0.2, -0.15) is 18.4 Å². The van der Waals surface area contributed by atoms with Crippen molar-refractivity contribution in [2.45, 2.75) is 12.1 Å². The van der Waals surface area contributed by atoms with Crippen LogP contribution >= 0.6 is 0 Å². The van der Waals surface area contributed by atoms with E-state index in [0.717, 1.165) is 40.5 Å². The molecule has 4 rings (SSSR count). The van der Waals surface area contributed by atoms with Gasteiger partial charge >= 0.3 is 12.3 Å². The first-order valence-electron chi connectivity index (χ1n) is 10.1. The second-order valence-electron chi connectivity index (χ2n) is 7.35. The van der Waals surface area contributed by atoms with Gasteiger partial charge < -0.3 is 10.1 Å². The molecule has 0 unspecified atom stereocenters. The van der Waals surface area contributed by atoms with E-state index < -0.39 is 17.8 Å². The van der Waals surface area contributed by atoms with Crippen LogP contribution in [0.1, 0.15) is 33.7 Å². The third kappa shape index (κ3) is 4.68. The molecule has 3 aromatic carbocycles. The molecule has 4 nitrogen and oxygen atoms in total. The molecule has 33 heavy (non-hydrogen) atoms. The van der Waals surface area contributed by atoms with Gasteiger partial charge in [0.2, 0.25) is 0 Å². The fourth-order valence-electron chi connectivity index (χ4n) is 3.83. The van der Waals surface area contributed by atoms with E-state index in [1.54, 1.807) is 0 Å². The fourth-order valence-corrected chi connectivity index (χ4v) is 3.83. The molecular weight excluding hydrogens is 429 g/mol. The van der Waals surface area contributed by atoms with Crippen molar-refractivity contribution in [3.63, 3.8) is 0 Å². The van der Waals surface area contributed by atoms with Gasteiger partial charge in [-0.1, -0.05) is 60.4 Å². The Balaban J connectivity index is 1.38. The van der Waals surface area contributed by atoms with Gasteiger partial charge in [-0.15, -0.1) is 0 Å². The third-order valence-corrected chi connectivity index (χ3v) is 5.36. The van der Waals surface area contributed by atoms with E-state index in [1.165, 1.54) is 0 Å². The van der Waals surface area contributed by atoms with Crippen molar-refractivity contribution >= 4 is 6.09 Å². The molecule has 0 aliphatic heterocycles. The summed E-state index contributed by atoms with van der Waals surface area (Å²) in [7, 11) is 0. The summed E-state index contributed by atoms with van der Waals surface area (Å²) >= 11 is 0. The van der Waals surface area contributed by atoms with Crippen molar-refractivity contribution in [2.24, 2.45) is 0 Å². The number of amides is 1. The first-order chi connectivity index (χ1) is 15.9. The highest BCUT2D eigenvalue weighted by Crippen LogP contribution is 2.44. The average molecular weight is 446 g/mol. The topological polar surface area (TPSA) is 62.1 Å². The van der Waals surface area contributed by atoms with Crippen LogP contribution in [0, 0.1) is 23.2 Å². The number of nitrogens with zero attached hydrogens (tertiary/aromatic N) is 1. The number of ether oxygens (including phenoxy) is 1. The Morgan fingerprint density at radius 3 is 2.21 bits per heavy atom. The Labute approximate surface area is 188 Å². The lowest BCUT2D eigenvalue weighted by atomic mass is 9.98. The van der Waals surface area contributed by atoms with Crippen molar-refractivity contribution in [1.82, 2.24) is 5.32 Å². The van der Waals surface area contributed by atoms with Gasteiger partial charge in [-0.25, -0.2) is 4.79 Å². The van der Waals surface area contributed by atoms with Crippen LogP contribution in [0.4, 0.5) is 18.0 Å². The smallest absolute Gasteiger partial charge is 0.416 e. The number of hydrogen-bond donors (Lipinski definition) is 1. The van der Waals surface area contributed by atoms with Crippen LogP contribution in [-0.4, -0.2) is 19.2 Å². The number of fused-ring (bicyclic) bond motifs is 3. The quantitative estimate of drug-likeness (QED) is 0.543. The van der Waals surface area contributed by atoms with E-state index >= 15 is 0 Å². The van der Waals surface area contributed by atoms with Crippen LogP contribution in [0.5, 0.6) is 0 Å². The molecule has 0 atom stereocenters. The van der Waals surface area contributed by atoms with Crippen molar-refractivity contribution < 1.29 is 22.7 Å². The summed E-state index contributed by atoms with van der Waals surface area (Å²) in [5.41, 5.74) is 3.47. The van der Waals surface area contributed by atoms with Crippen molar-refractivity contribution in [3.05, 3.63) is 94.5 Å². The number of nitrogens with one attached hydrogen (secondary N) is 1. The molecule has 0 radical (unpaired) electrons. The van der Waals surface area contributed by atoms with Crippen molar-refractivity contribution in [2.75, 3.05) is 13.2 Å². The summed E-state index contributed by atoms with van der Waals surface area (Å²) in [6.45, 7) is -0.00269. The SMILES string of the molecule is N#Cc1ccc(C(F)(F)F)cc1C#CCNC(=O)OCC1c2ccccc2-c2ccccc21. The molecule has 1 aliphatic carbocycles. The predicted molar refractivity (Wildman–Crippen MR) is 116 cm³/mol. The highest BCUT2D eigenvalue weighted by molar-refractivity contribution is 5.79. The van der Waals surface area contributed by atoms with Crippen LogP contribution in [0.15, 0.2) is 66.7 Å². The minimum atomic E-state index is -4.54. The summed E-state index contributed by atoms with van der Waals surface area (Å²) in [6.07, 6.45) is -5.22. The Kier molecular flexibility index (Phi) is 6.06. The summed E-state index contributed by atoms with van der Waals surface area (Å²) in [6, 6.07) is 20.4. The lowest BCUT2D eigenvalue weighted by molar-refractivity contribution is -0.137. The number of nitriles is 1. The number of carbonyl (C=O) groups excluding carboxylic acids is 1. The molecule has 0 spiro atoms. The molecule has 0 heterocycles. The molecule has 1 N–H and O–H groups in total. The first-order valence-corrected chi connectivity index (χ1v) is 10.1. The van der Waals surface area contributed by atoms with E-state index in [0.29, 0.717) is 0 Å². The molecule has 0 fully saturated rings. The number of benzene rings is 3. The van der Waals surface area contributed by atoms with Crippen LogP contribution in [0.3, 0.4) is 0 Å². The maximum atomic E-state index is 12.9. The molecule has 1 amide bonds. The normalized spacial score (nSPS) is 12.1. The van der Waals surface area contributed by atoms with Crippen molar-refractivity contribution in [3.8, 4) is 29.0 Å². The molecule has 0 saturated heterocycles. The number of halogens is 3. The molecule has 0 bridgehead atoms. The summed E-state index contributed by atoms with van der Waals surface area (Å²) in [5.74, 6) is 4.99. The zero-order valence-electron chi connectivity index (χ0n) is 17.2. The van der Waals surface area contributed by atoms with Crippen LogP contribution in [0.2, 0.25) is 0 Å². The Morgan fingerprint density at radius 2 is 1.61 bits per heavy atom. The van der Waals surface area contributed by atoms with Gasteiger partial charge in [0.1, 0.15) is 12.7 Å². The average Bonchev–Trinajstić information content (AvgIpc) is 3.13. The predicted octanol–water partition coefficient (Wildman–Crippen LogP) is 5.47. The van der Waals surface area contributed by atoms with E-state index in [2.05, 4.69) is 17.2 Å². The van der Waals surface area contributed by atoms with E-state index in [4.69, 9.17) is 10.00 Å². The van der Waals surface area contributed by atoms with Gasteiger partial charge in [0, 0.05) is 11.5 Å². The maximum Gasteiger partial charge on any atom is 0.416 e. The maximum absolute atomic E-state index is 12.9. The molecular formula is C26H17F3N2O2. The molecule has 7 heteroatoms. The van der Waals surface area contributed by atoms with Gasteiger partial charge in [0.05, 0.1) is 17.7 Å². The highest BCUT2D eigenvalue weighted by Gasteiger charge is 2.31. The number of rotatable bonds is 3. The van der Waals surface area contributed by atoms with Gasteiger partial charge in [0.15, 0.2) is 0 Å². The number of alkyl carbamates (subject to hydrolysis) is 1. The van der Waals surface area contributed by atoms with Gasteiger partial charge in [-0.3, -0.25) is 0 Å². The Hall–Kier alpha value is -4.23. The Morgan fingerprint density at radius 1 is 0.970 bits per heavy atom. The third-order valence-electron chi connectivity index (χ3n) is 5.36. The van der Waals surface area contributed by atoms with Gasteiger partial charge in [-0.05, 0) is 40.5 Å². The fraction of sp³-hybridized carbons (Fsp3) is 0.154. The Bertz CT molecular complexity index is 1270. The second kappa shape index (κ2) is 9.10. The standard InChI is InChI=1S/C26H17F3N2O2/c27-26(28,29)19-12-11-18(15-30)17(14-19)6-5-13-31-25(32)33-16-24-22-9-3-1-7-20(22)21-8-2-4-10-23(21)24/h1-4,7-12,14,24H,13,16H2,(H,31,32). The zero-order valence-corrected chi connectivity index (χ0v) is 17.2. The summed E-state index contributed by atoms with van der Waals surface area (Å²) in [4.78, 5) is 12.1. The lowest BCUT2D eigenvalue weighted by Gasteiger charge is -2.14. The lowest BCUT2D eigenvalue weighted by Crippen LogP contribution is -2.26. The van der Waals surface area contributed by atoms with Gasteiger partial charge in [0.25, 0.3) is 0 Å². The largest absolute Gasteiger partial charge is 0.449 e. The summed E-state index contributed by atoms with van der Waals surface area (Å²) in [5, 5.41) is 11.5. The van der Waals surface area contributed by atoms with Crippen LogP contribution in [0.25, 0.3) is 11.1 Å². The number of carbonyl (C=O) groups is 1. The monoisotopic (exact) mass is 446 g/mol. The molecule has 3 aromatic rings. The van der Waals surface area contributed by atoms with Crippen LogP contribution < -0.4 is 5.32 Å². The van der Waals surface area contributed by atoms with E-state index in [1.807, 2.05) is 54.6 Å². The molecule has 164 valence electrons. The summed E-state index contributed by atoms with van der Waals surface area (Å²) < 4.78 is 44.1. The number of alkyl halides is 3. The second-order valence-corrected chi connectivity index (χ2v) is 7.35. The molecule has 1 aliphatic rings. The van der Waals surface area contributed by atoms with Crippen molar-refractivity contribution in [1.29, 1.82) is 5.26 Å². The highest BCUT2D eigenvalue weighted by atomic mass is 19.4. The van der Waals surface area contributed by atoms with E-state index in [-0.39, 0.29) is 30.2 Å². The van der Waals surface area contributed by atoms with E-state index in [9.17, 15) is 18.0 Å². The molecule has 0 aromatic heterocycles. The zero-order chi connectivity index (χ0) is 23.4. The molecule has 0 saturated carbocycles. The minimum Gasteiger partial charge on any atom is -0.449 e. The minimum absolute atomic E-state index is 0.0247. The van der Waals surface area contributed by atoms with Crippen LogP contribution in [-0.2, 0) is 10.9 Å². The number of hydrogen-bond acceptors (Lipinski definition) is 3.